The van der Waals surface area contributed by atoms with Gasteiger partial charge < -0.3 is 9.84 Å². The third-order valence-electron chi connectivity index (χ3n) is 4.56. The largest absolute Gasteiger partial charge is 0.493 e. The van der Waals surface area contributed by atoms with Gasteiger partial charge in [-0.3, -0.25) is 5.43 Å². The second-order valence-corrected chi connectivity index (χ2v) is 7.56. The summed E-state index contributed by atoms with van der Waals surface area (Å²) in [6, 6.07) is 16.2. The zero-order valence-corrected chi connectivity index (χ0v) is 17.8. The maximum absolute atomic E-state index is 11.0. The van der Waals surface area contributed by atoms with Gasteiger partial charge in [0, 0.05) is 5.56 Å². The molecule has 0 saturated carbocycles. The number of hydrogen-bond donors (Lipinski definition) is 2. The van der Waals surface area contributed by atoms with Crippen LogP contribution in [-0.2, 0) is 0 Å². The average molecular weight is 443 g/mol. The molecule has 2 heterocycles. The van der Waals surface area contributed by atoms with Gasteiger partial charge in [-0.2, -0.15) is 10.4 Å². The molecule has 2 aromatic heterocycles. The van der Waals surface area contributed by atoms with E-state index in [1.807, 2.05) is 31.2 Å². The van der Waals surface area contributed by atoms with E-state index >= 15 is 0 Å². The number of carboxylic acids is 1. The van der Waals surface area contributed by atoms with Gasteiger partial charge in [0.15, 0.2) is 5.82 Å². The number of anilines is 1. The van der Waals surface area contributed by atoms with Crippen molar-refractivity contribution in [2.75, 3.05) is 12.0 Å². The minimum atomic E-state index is -0.984. The number of fused-ring (bicyclic) bond motifs is 1. The van der Waals surface area contributed by atoms with Gasteiger partial charge in [0.2, 0.25) is 0 Å². The molecule has 9 heteroatoms. The Morgan fingerprint density at radius 1 is 1.25 bits per heavy atom. The summed E-state index contributed by atoms with van der Waals surface area (Å²) in [4.78, 5) is 20.3. The van der Waals surface area contributed by atoms with Gasteiger partial charge in [-0.1, -0.05) is 24.3 Å². The fraction of sp³-hybridized carbons (Fsp3) is 0.0870. The van der Waals surface area contributed by atoms with Gasteiger partial charge in [-0.25, -0.2) is 14.8 Å². The Balaban J connectivity index is 1.69. The summed E-state index contributed by atoms with van der Waals surface area (Å²) in [5, 5.41) is 23.0. The van der Waals surface area contributed by atoms with E-state index < -0.39 is 5.97 Å². The van der Waals surface area contributed by atoms with Crippen molar-refractivity contribution in [2.45, 2.75) is 6.92 Å². The molecule has 0 bridgehead atoms. The quantitative estimate of drug-likeness (QED) is 0.312. The molecule has 0 unspecified atom stereocenters. The van der Waals surface area contributed by atoms with E-state index in [4.69, 9.17) is 9.84 Å². The number of nitrogens with one attached hydrogen (secondary N) is 1. The van der Waals surface area contributed by atoms with Crippen molar-refractivity contribution in [3.05, 3.63) is 71.5 Å². The van der Waals surface area contributed by atoms with Crippen LogP contribution in [0.5, 0.6) is 5.75 Å². The number of thiophene rings is 1. The normalized spacial score (nSPS) is 10.9. The summed E-state index contributed by atoms with van der Waals surface area (Å²) < 4.78 is 6.44. The van der Waals surface area contributed by atoms with E-state index in [1.54, 1.807) is 18.3 Å². The van der Waals surface area contributed by atoms with Gasteiger partial charge in [0.1, 0.15) is 23.7 Å². The van der Waals surface area contributed by atoms with Crippen LogP contribution >= 0.6 is 11.3 Å². The SMILES string of the molecule is CCOc1ccccc1-c1sc2c(N/N=C/c3ccc(C(=O)O)cc3)ncnc2c1C#N. The van der Waals surface area contributed by atoms with Crippen molar-refractivity contribution < 1.29 is 14.6 Å². The number of para-hydroxylation sites is 1. The molecular formula is C23H17N5O3S. The first kappa shape index (κ1) is 21.0. The Morgan fingerprint density at radius 2 is 2.03 bits per heavy atom. The van der Waals surface area contributed by atoms with Crippen molar-refractivity contribution in [3.63, 3.8) is 0 Å². The Hall–Kier alpha value is -4.29. The van der Waals surface area contributed by atoms with Gasteiger partial charge in [-0.05, 0) is 36.8 Å². The smallest absolute Gasteiger partial charge is 0.335 e. The van der Waals surface area contributed by atoms with Crippen molar-refractivity contribution in [1.82, 2.24) is 9.97 Å². The van der Waals surface area contributed by atoms with Gasteiger partial charge in [0.05, 0.1) is 33.5 Å². The Morgan fingerprint density at radius 3 is 2.75 bits per heavy atom. The highest BCUT2D eigenvalue weighted by Crippen LogP contribution is 2.43. The first-order valence-electron chi connectivity index (χ1n) is 9.64. The maximum atomic E-state index is 11.0. The molecule has 0 aliphatic carbocycles. The molecule has 0 saturated heterocycles. The van der Waals surface area contributed by atoms with Gasteiger partial charge in [-0.15, -0.1) is 11.3 Å². The molecule has 2 aromatic carbocycles. The number of carboxylic acid groups (broad SMARTS) is 1. The van der Waals surface area contributed by atoms with Crippen LogP contribution in [0.4, 0.5) is 5.82 Å². The minimum Gasteiger partial charge on any atom is -0.493 e. The molecular weight excluding hydrogens is 426 g/mol. The summed E-state index contributed by atoms with van der Waals surface area (Å²) in [5.74, 6) is 0.182. The number of aromatic carboxylic acids is 1. The molecule has 32 heavy (non-hydrogen) atoms. The number of ether oxygens (including phenoxy) is 1. The molecule has 158 valence electrons. The highest BCUT2D eigenvalue weighted by molar-refractivity contribution is 7.23. The number of hydrazone groups is 1. The number of nitriles is 1. The number of hydrogen-bond acceptors (Lipinski definition) is 8. The number of nitrogens with zero attached hydrogens (tertiary/aromatic N) is 4. The van der Waals surface area contributed by atoms with Crippen LogP contribution in [0.1, 0.15) is 28.4 Å². The molecule has 4 aromatic rings. The summed E-state index contributed by atoms with van der Waals surface area (Å²) in [6.07, 6.45) is 2.94. The highest BCUT2D eigenvalue weighted by Gasteiger charge is 2.20. The lowest BCUT2D eigenvalue weighted by molar-refractivity contribution is 0.0697. The van der Waals surface area contributed by atoms with Gasteiger partial charge >= 0.3 is 5.97 Å². The highest BCUT2D eigenvalue weighted by atomic mass is 32.1. The summed E-state index contributed by atoms with van der Waals surface area (Å²) in [7, 11) is 0. The van der Waals surface area contributed by atoms with Crippen LogP contribution in [0.25, 0.3) is 20.7 Å². The predicted molar refractivity (Wildman–Crippen MR) is 123 cm³/mol. The third-order valence-corrected chi connectivity index (χ3v) is 5.78. The fourth-order valence-corrected chi connectivity index (χ4v) is 4.27. The van der Waals surface area contributed by atoms with Crippen LogP contribution < -0.4 is 10.2 Å². The molecule has 0 amide bonds. The van der Waals surface area contributed by atoms with Crippen LogP contribution in [-0.4, -0.2) is 33.9 Å². The van der Waals surface area contributed by atoms with Crippen molar-refractivity contribution in [3.8, 4) is 22.3 Å². The number of benzene rings is 2. The van der Waals surface area contributed by atoms with Gasteiger partial charge in [0.25, 0.3) is 0 Å². The second-order valence-electron chi connectivity index (χ2n) is 6.54. The van der Waals surface area contributed by atoms with E-state index in [9.17, 15) is 10.1 Å². The minimum absolute atomic E-state index is 0.204. The van der Waals surface area contributed by atoms with Crippen LogP contribution in [0.15, 0.2) is 60.0 Å². The topological polar surface area (TPSA) is 120 Å². The Kier molecular flexibility index (Phi) is 6.05. The van der Waals surface area contributed by atoms with E-state index in [1.165, 1.54) is 29.8 Å². The summed E-state index contributed by atoms with van der Waals surface area (Å²) in [6.45, 7) is 2.42. The Bertz CT molecular complexity index is 1360. The zero-order chi connectivity index (χ0) is 22.5. The molecule has 4 rings (SSSR count). The maximum Gasteiger partial charge on any atom is 0.335 e. The average Bonchev–Trinajstić information content (AvgIpc) is 3.19. The van der Waals surface area contributed by atoms with Crippen molar-refractivity contribution in [2.24, 2.45) is 5.10 Å². The summed E-state index contributed by atoms with van der Waals surface area (Å²) >= 11 is 1.39. The van der Waals surface area contributed by atoms with Crippen LogP contribution in [0, 0.1) is 11.3 Å². The van der Waals surface area contributed by atoms with E-state index in [2.05, 4.69) is 26.6 Å². The Labute approximate surface area is 187 Å². The molecule has 2 N–H and O–H groups in total. The molecule has 0 aliphatic rings. The monoisotopic (exact) mass is 443 g/mol. The lowest BCUT2D eigenvalue weighted by Crippen LogP contribution is -1.97. The van der Waals surface area contributed by atoms with E-state index in [0.29, 0.717) is 34.0 Å². The molecule has 0 spiro atoms. The first-order chi connectivity index (χ1) is 15.6. The number of aromatic nitrogens is 2. The molecule has 8 nitrogen and oxygen atoms in total. The van der Waals surface area contributed by atoms with Crippen molar-refractivity contribution in [1.29, 1.82) is 5.26 Å². The lowest BCUT2D eigenvalue weighted by Gasteiger charge is -2.08. The predicted octanol–water partition coefficient (Wildman–Crippen LogP) is 4.77. The van der Waals surface area contributed by atoms with E-state index in [-0.39, 0.29) is 5.56 Å². The lowest BCUT2D eigenvalue weighted by atomic mass is 10.1. The van der Waals surface area contributed by atoms with Crippen LogP contribution in [0.2, 0.25) is 0 Å². The first-order valence-corrected chi connectivity index (χ1v) is 10.5. The third kappa shape index (κ3) is 4.12. The number of rotatable bonds is 7. The zero-order valence-electron chi connectivity index (χ0n) is 16.9. The molecule has 0 aliphatic heterocycles. The van der Waals surface area contributed by atoms with Crippen molar-refractivity contribution >= 4 is 39.6 Å². The van der Waals surface area contributed by atoms with E-state index in [0.717, 1.165) is 16.0 Å². The number of carbonyl (C=O) groups is 1. The van der Waals surface area contributed by atoms with Crippen LogP contribution in [0.3, 0.4) is 0 Å². The standard InChI is InChI=1S/C23H17N5O3S/c1-2-31-18-6-4-3-5-16(18)20-17(11-24)19-21(32-20)22(26-13-25-19)28-27-12-14-7-9-15(10-8-14)23(29)30/h3-10,12-13H,2H2,1H3,(H,29,30)(H,25,26,28)/b27-12+. The molecule has 0 radical (unpaired) electrons. The molecule has 0 fully saturated rings. The molecule has 0 atom stereocenters. The fourth-order valence-electron chi connectivity index (χ4n) is 3.10. The second kappa shape index (κ2) is 9.24. The summed E-state index contributed by atoms with van der Waals surface area (Å²) in [5.41, 5.74) is 5.64.